The average molecular weight is 428 g/mol. The number of quaternary nitrogens is 1. The number of esters is 1. The maximum atomic E-state index is 12.8. The number of carbonyl (C=O) groups excluding carboxylic acids is 1. The second kappa shape index (κ2) is 9.48. The Morgan fingerprint density at radius 3 is 2.32 bits per heavy atom. The molecule has 0 radical (unpaired) electrons. The highest BCUT2D eigenvalue weighted by Crippen LogP contribution is 2.34. The minimum absolute atomic E-state index is 0. The third-order valence-electron chi connectivity index (χ3n) is 4.76. The normalized spacial score (nSPS) is 13.6. The number of ether oxygens (including phenoxy) is 1. The highest BCUT2D eigenvalue weighted by Gasteiger charge is 2.42. The van der Waals surface area contributed by atoms with E-state index in [1.807, 2.05) is 29.6 Å². The monoisotopic (exact) mass is 427 g/mol. The molecule has 2 aromatic rings. The van der Waals surface area contributed by atoms with Crippen molar-refractivity contribution in [1.29, 1.82) is 0 Å². The maximum absolute atomic E-state index is 12.8. The molecule has 0 aliphatic heterocycles. The molecule has 4 nitrogen and oxygen atoms in total. The summed E-state index contributed by atoms with van der Waals surface area (Å²) in [4.78, 5) is 13.3. The van der Waals surface area contributed by atoms with Crippen LogP contribution in [-0.4, -0.2) is 48.8 Å². The molecule has 1 aromatic carbocycles. The number of likely N-dealkylation sites (N-methyl/N-ethyl adjacent to an activating group) is 1. The lowest BCUT2D eigenvalue weighted by molar-refractivity contribution is -0.906. The van der Waals surface area contributed by atoms with Crippen LogP contribution >= 0.6 is 11.3 Å². The van der Waals surface area contributed by atoms with Gasteiger partial charge >= 0.3 is 5.97 Å². The molecule has 1 aromatic heterocycles. The summed E-state index contributed by atoms with van der Waals surface area (Å²) in [5.74, 6) is -0.616. The topological polar surface area (TPSA) is 46.5 Å². The van der Waals surface area contributed by atoms with Crippen LogP contribution in [-0.2, 0) is 15.1 Å². The van der Waals surface area contributed by atoms with E-state index >= 15 is 0 Å². The molecule has 0 aliphatic carbocycles. The molecule has 25 heavy (non-hydrogen) atoms. The van der Waals surface area contributed by atoms with Gasteiger partial charge in [-0.05, 0) is 25.3 Å². The highest BCUT2D eigenvalue weighted by atomic mass is 79.9. The van der Waals surface area contributed by atoms with Gasteiger partial charge in [-0.3, -0.25) is 0 Å². The fourth-order valence-corrected chi connectivity index (χ4v) is 3.36. The molecule has 0 bridgehead atoms. The second-order valence-corrected chi connectivity index (χ2v) is 7.11. The van der Waals surface area contributed by atoms with E-state index in [-0.39, 0.29) is 23.6 Å². The molecule has 1 N–H and O–H groups in total. The third kappa shape index (κ3) is 4.91. The van der Waals surface area contributed by atoms with E-state index in [0.29, 0.717) is 10.4 Å². The SMILES string of the molecule is CC[N+](C)(CC)CCOC(=O)C(O)(c1ccccc1)c1cccs1.[Br-]. The van der Waals surface area contributed by atoms with Crippen LogP contribution in [0.2, 0.25) is 0 Å². The van der Waals surface area contributed by atoms with E-state index in [0.717, 1.165) is 24.1 Å². The van der Waals surface area contributed by atoms with Gasteiger partial charge in [0, 0.05) is 5.56 Å². The fraction of sp³-hybridized carbons (Fsp3) is 0.421. The predicted octanol–water partition coefficient (Wildman–Crippen LogP) is 0.0176. The van der Waals surface area contributed by atoms with Crippen LogP contribution in [0, 0.1) is 0 Å². The molecular formula is C19H26BrNO3S. The van der Waals surface area contributed by atoms with Gasteiger partial charge in [0.25, 0.3) is 0 Å². The standard InChI is InChI=1S/C19H26NO3S.BrH/c1-4-20(3,5-2)13-14-23-18(21)19(22,17-12-9-15-24-17)16-10-7-6-8-11-16;/h6-12,15,22H,4-5,13-14H2,1-3H3;1H/q+1;/p-1. The summed E-state index contributed by atoms with van der Waals surface area (Å²) in [7, 11) is 2.14. The van der Waals surface area contributed by atoms with Gasteiger partial charge < -0.3 is 31.3 Å². The summed E-state index contributed by atoms with van der Waals surface area (Å²) >= 11 is 1.35. The van der Waals surface area contributed by atoms with Crippen LogP contribution in [0.1, 0.15) is 24.3 Å². The van der Waals surface area contributed by atoms with Crippen molar-refractivity contribution in [2.24, 2.45) is 0 Å². The quantitative estimate of drug-likeness (QED) is 0.477. The third-order valence-corrected chi connectivity index (χ3v) is 5.73. The zero-order valence-corrected chi connectivity index (χ0v) is 17.3. The largest absolute Gasteiger partial charge is 1.00 e. The Balaban J connectivity index is 0.00000312. The zero-order chi connectivity index (χ0) is 17.6. The molecule has 1 atom stereocenters. The number of hydrogen-bond acceptors (Lipinski definition) is 4. The molecule has 6 heteroatoms. The maximum Gasteiger partial charge on any atom is 0.348 e. The summed E-state index contributed by atoms with van der Waals surface area (Å²) in [5.41, 5.74) is -1.22. The van der Waals surface area contributed by atoms with Crippen LogP contribution in [0.25, 0.3) is 0 Å². The van der Waals surface area contributed by atoms with E-state index in [4.69, 9.17) is 4.74 Å². The number of thiophene rings is 1. The van der Waals surface area contributed by atoms with Gasteiger partial charge in [-0.2, -0.15) is 0 Å². The van der Waals surface area contributed by atoms with Crippen molar-refractivity contribution >= 4 is 17.3 Å². The Bertz CT molecular complexity index is 644. The Morgan fingerprint density at radius 1 is 1.16 bits per heavy atom. The van der Waals surface area contributed by atoms with Gasteiger partial charge in [0.2, 0.25) is 5.60 Å². The molecule has 0 spiro atoms. The highest BCUT2D eigenvalue weighted by molar-refractivity contribution is 7.10. The van der Waals surface area contributed by atoms with Crippen molar-refractivity contribution < 1.29 is 36.1 Å². The molecule has 0 aliphatic rings. The minimum atomic E-state index is -1.75. The first-order valence-corrected chi connectivity index (χ1v) is 9.17. The van der Waals surface area contributed by atoms with E-state index in [1.54, 1.807) is 18.2 Å². The van der Waals surface area contributed by atoms with Crippen molar-refractivity contribution in [2.75, 3.05) is 33.3 Å². The number of hydrogen-bond donors (Lipinski definition) is 1. The minimum Gasteiger partial charge on any atom is -1.00 e. The van der Waals surface area contributed by atoms with Gasteiger partial charge in [-0.1, -0.05) is 36.4 Å². The zero-order valence-electron chi connectivity index (χ0n) is 14.9. The number of rotatable bonds is 8. The van der Waals surface area contributed by atoms with Gasteiger partial charge in [-0.25, -0.2) is 4.79 Å². The van der Waals surface area contributed by atoms with E-state index < -0.39 is 11.6 Å². The molecule has 0 saturated carbocycles. The summed E-state index contributed by atoms with van der Waals surface area (Å²) in [6.07, 6.45) is 0. The Kier molecular flexibility index (Phi) is 8.28. The first-order chi connectivity index (χ1) is 11.5. The lowest BCUT2D eigenvalue weighted by atomic mass is 9.92. The predicted molar refractivity (Wildman–Crippen MR) is 96.9 cm³/mol. The average Bonchev–Trinajstić information content (AvgIpc) is 3.16. The molecule has 0 saturated heterocycles. The van der Waals surface area contributed by atoms with Gasteiger partial charge in [0.05, 0.1) is 25.0 Å². The summed E-state index contributed by atoms with van der Waals surface area (Å²) < 4.78 is 6.32. The Labute approximate surface area is 164 Å². The molecule has 2 rings (SSSR count). The van der Waals surface area contributed by atoms with E-state index in [1.165, 1.54) is 11.3 Å². The number of benzene rings is 1. The Morgan fingerprint density at radius 2 is 1.80 bits per heavy atom. The molecule has 138 valence electrons. The summed E-state index contributed by atoms with van der Waals surface area (Å²) in [6, 6.07) is 12.6. The lowest BCUT2D eigenvalue weighted by Gasteiger charge is -2.32. The van der Waals surface area contributed by atoms with E-state index in [9.17, 15) is 9.90 Å². The fourth-order valence-electron chi connectivity index (χ4n) is 2.53. The molecular weight excluding hydrogens is 402 g/mol. The molecule has 1 unspecified atom stereocenters. The van der Waals surface area contributed by atoms with Crippen molar-refractivity contribution in [2.45, 2.75) is 19.4 Å². The van der Waals surface area contributed by atoms with E-state index in [2.05, 4.69) is 20.9 Å². The summed E-state index contributed by atoms with van der Waals surface area (Å²) in [6.45, 7) is 7.21. The van der Waals surface area contributed by atoms with Crippen molar-refractivity contribution in [3.8, 4) is 0 Å². The Hall–Kier alpha value is -1.21. The van der Waals surface area contributed by atoms with Crippen LogP contribution in [0.15, 0.2) is 47.8 Å². The second-order valence-electron chi connectivity index (χ2n) is 6.17. The van der Waals surface area contributed by atoms with Crippen LogP contribution in [0.4, 0.5) is 0 Å². The van der Waals surface area contributed by atoms with Crippen LogP contribution in [0.3, 0.4) is 0 Å². The van der Waals surface area contributed by atoms with Gasteiger partial charge in [0.1, 0.15) is 13.2 Å². The molecule has 0 amide bonds. The molecule has 1 heterocycles. The van der Waals surface area contributed by atoms with Crippen molar-refractivity contribution in [3.63, 3.8) is 0 Å². The van der Waals surface area contributed by atoms with Crippen molar-refractivity contribution in [3.05, 3.63) is 58.3 Å². The number of halogens is 1. The smallest absolute Gasteiger partial charge is 0.348 e. The first-order valence-electron chi connectivity index (χ1n) is 8.29. The number of aliphatic hydroxyl groups is 1. The molecule has 0 fully saturated rings. The van der Waals surface area contributed by atoms with Crippen molar-refractivity contribution in [1.82, 2.24) is 0 Å². The van der Waals surface area contributed by atoms with Gasteiger partial charge in [0.15, 0.2) is 0 Å². The summed E-state index contributed by atoms with van der Waals surface area (Å²) in [5, 5.41) is 13.0. The first kappa shape index (κ1) is 21.8. The number of carbonyl (C=O) groups is 1. The lowest BCUT2D eigenvalue weighted by Crippen LogP contribution is -3.00. The van der Waals surface area contributed by atoms with Gasteiger partial charge in [-0.15, -0.1) is 11.3 Å². The van der Waals surface area contributed by atoms with Crippen LogP contribution < -0.4 is 17.0 Å². The van der Waals surface area contributed by atoms with Crippen LogP contribution in [0.5, 0.6) is 0 Å². The number of nitrogens with zero attached hydrogens (tertiary/aromatic N) is 1.